The fourth-order valence-electron chi connectivity index (χ4n) is 1.00. The molecule has 1 atom stereocenters. The van der Waals surface area contributed by atoms with E-state index in [4.69, 9.17) is 16.0 Å². The number of oxime groups is 1. The summed E-state index contributed by atoms with van der Waals surface area (Å²) in [5, 5.41) is 38.9. The van der Waals surface area contributed by atoms with Gasteiger partial charge in [0.1, 0.15) is 6.61 Å². The molecule has 0 aliphatic rings. The van der Waals surface area contributed by atoms with Gasteiger partial charge in [0.05, 0.1) is 6.10 Å². The predicted molar refractivity (Wildman–Crippen MR) is 63.6 cm³/mol. The first-order valence-corrected chi connectivity index (χ1v) is 6.06. The molecule has 0 aliphatic heterocycles. The Labute approximate surface area is 111 Å². The molecule has 1 aromatic heterocycles. The van der Waals surface area contributed by atoms with Crippen LogP contribution in [0.25, 0.3) is 0 Å². The van der Waals surface area contributed by atoms with Crippen LogP contribution in [-0.4, -0.2) is 62.5 Å². The zero-order chi connectivity index (χ0) is 14.3. The van der Waals surface area contributed by atoms with E-state index >= 15 is 0 Å². The van der Waals surface area contributed by atoms with Crippen LogP contribution in [0.2, 0.25) is 0 Å². The van der Waals surface area contributed by atoms with E-state index in [1.54, 1.807) is 0 Å². The summed E-state index contributed by atoms with van der Waals surface area (Å²) in [5.74, 6) is -0.664. The second-order valence-electron chi connectivity index (χ2n) is 3.33. The van der Waals surface area contributed by atoms with Gasteiger partial charge in [-0.05, 0) is 10.3 Å². The van der Waals surface area contributed by atoms with Crippen LogP contribution in [-0.2, 0) is 4.79 Å². The zero-order valence-corrected chi connectivity index (χ0v) is 10.5. The Balaban J connectivity index is 2.44. The summed E-state index contributed by atoms with van der Waals surface area (Å²) in [6.07, 6.45) is -0.864. The van der Waals surface area contributed by atoms with E-state index in [0.717, 1.165) is 11.8 Å². The summed E-state index contributed by atoms with van der Waals surface area (Å²) < 4.78 is 4.44. The first-order valence-electron chi connectivity index (χ1n) is 5.07. The summed E-state index contributed by atoms with van der Waals surface area (Å²) >= 11 is 1.06. The fraction of sp³-hybridized carbons (Fsp3) is 0.500. The van der Waals surface area contributed by atoms with E-state index in [0.29, 0.717) is 0 Å². The number of hydrogen-bond donors (Lipinski definition) is 5. The van der Waals surface area contributed by atoms with Gasteiger partial charge >= 0.3 is 0 Å². The van der Waals surface area contributed by atoms with E-state index in [-0.39, 0.29) is 28.9 Å². The molecule has 0 aliphatic carbocycles. The van der Waals surface area contributed by atoms with Gasteiger partial charge in [0, 0.05) is 12.3 Å². The van der Waals surface area contributed by atoms with E-state index in [1.165, 1.54) is 0 Å². The Morgan fingerprint density at radius 2 is 2.32 bits per heavy atom. The third-order valence-corrected chi connectivity index (χ3v) is 2.99. The molecule has 10 nitrogen and oxygen atoms in total. The minimum absolute atomic E-state index is 0.0173. The lowest BCUT2D eigenvalue weighted by Crippen LogP contribution is -2.34. The second-order valence-corrected chi connectivity index (χ2v) is 4.34. The van der Waals surface area contributed by atoms with Crippen molar-refractivity contribution in [2.45, 2.75) is 11.1 Å². The number of rotatable bonds is 7. The summed E-state index contributed by atoms with van der Waals surface area (Å²) in [7, 11) is 0. The van der Waals surface area contributed by atoms with Crippen LogP contribution >= 0.6 is 11.8 Å². The lowest BCUT2D eigenvalue weighted by atomic mass is 10.4. The van der Waals surface area contributed by atoms with Crippen LogP contribution in [0.3, 0.4) is 0 Å². The number of aromatic nitrogens is 2. The SMILES string of the molecule is N/C(=N\O)c1nonc1SCC(O)CNC(=O)CO. The maximum atomic E-state index is 10.8. The lowest BCUT2D eigenvalue weighted by molar-refractivity contribution is -0.124. The van der Waals surface area contributed by atoms with E-state index in [1.807, 2.05) is 0 Å². The number of hydrogen-bond acceptors (Lipinski definition) is 9. The van der Waals surface area contributed by atoms with Crippen molar-refractivity contribution in [3.63, 3.8) is 0 Å². The Morgan fingerprint density at radius 3 is 2.95 bits per heavy atom. The van der Waals surface area contributed by atoms with Crippen molar-refractivity contribution in [3.05, 3.63) is 5.69 Å². The molecule has 0 bridgehead atoms. The first-order chi connectivity index (χ1) is 9.08. The van der Waals surface area contributed by atoms with Crippen LogP contribution in [0, 0.1) is 0 Å². The monoisotopic (exact) mass is 291 g/mol. The number of aliphatic hydroxyl groups excluding tert-OH is 2. The number of thioether (sulfide) groups is 1. The minimum Gasteiger partial charge on any atom is -0.409 e. The van der Waals surface area contributed by atoms with Crippen LogP contribution in [0.15, 0.2) is 14.8 Å². The van der Waals surface area contributed by atoms with E-state index in [2.05, 4.69) is 25.4 Å². The van der Waals surface area contributed by atoms with E-state index < -0.39 is 18.6 Å². The zero-order valence-electron chi connectivity index (χ0n) is 9.68. The van der Waals surface area contributed by atoms with Crippen molar-refractivity contribution in [3.8, 4) is 0 Å². The second kappa shape index (κ2) is 7.56. The molecule has 0 aromatic carbocycles. The molecule has 1 unspecified atom stereocenters. The third-order valence-electron chi connectivity index (χ3n) is 1.90. The van der Waals surface area contributed by atoms with Crippen LogP contribution in [0.5, 0.6) is 0 Å². The van der Waals surface area contributed by atoms with Gasteiger partial charge in [0.25, 0.3) is 0 Å². The van der Waals surface area contributed by atoms with Crippen molar-refractivity contribution in [2.75, 3.05) is 18.9 Å². The normalized spacial score (nSPS) is 13.3. The van der Waals surface area contributed by atoms with Crippen LogP contribution in [0.4, 0.5) is 0 Å². The molecule has 11 heteroatoms. The van der Waals surface area contributed by atoms with Crippen molar-refractivity contribution in [1.29, 1.82) is 0 Å². The van der Waals surface area contributed by atoms with Gasteiger partial charge in [-0.3, -0.25) is 4.79 Å². The number of amidine groups is 1. The molecule has 0 saturated heterocycles. The minimum atomic E-state index is -0.864. The standard InChI is InChI=1S/C8H13N5O5S/c9-7(11-17)6-8(13-18-12-6)19-3-4(15)1-10-5(16)2-14/h4,14-15,17H,1-3H2,(H2,9,11)(H,10,16). The Hall–Kier alpha value is -1.85. The number of amides is 1. The summed E-state index contributed by atoms with van der Waals surface area (Å²) in [6, 6.07) is 0. The van der Waals surface area contributed by atoms with Gasteiger partial charge in [0.15, 0.2) is 16.6 Å². The van der Waals surface area contributed by atoms with Gasteiger partial charge in [-0.2, -0.15) is 0 Å². The topological polar surface area (TPSA) is 167 Å². The molecular weight excluding hydrogens is 278 g/mol. The average Bonchev–Trinajstić information content (AvgIpc) is 2.89. The first kappa shape index (κ1) is 15.2. The van der Waals surface area contributed by atoms with Crippen molar-refractivity contribution < 1.29 is 24.8 Å². The van der Waals surface area contributed by atoms with Crippen molar-refractivity contribution >= 4 is 23.5 Å². The molecule has 0 spiro atoms. The van der Waals surface area contributed by atoms with Crippen LogP contribution in [0.1, 0.15) is 5.69 Å². The Kier molecular flexibility index (Phi) is 6.05. The quantitative estimate of drug-likeness (QED) is 0.122. The Morgan fingerprint density at radius 1 is 1.58 bits per heavy atom. The predicted octanol–water partition coefficient (Wildman–Crippen LogP) is -2.27. The molecule has 0 saturated carbocycles. The summed E-state index contributed by atoms with van der Waals surface area (Å²) in [6.45, 7) is -0.655. The molecule has 1 aromatic rings. The smallest absolute Gasteiger partial charge is 0.245 e. The molecule has 1 heterocycles. The molecule has 1 amide bonds. The average molecular weight is 291 g/mol. The highest BCUT2D eigenvalue weighted by Crippen LogP contribution is 2.19. The van der Waals surface area contributed by atoms with Gasteiger partial charge in [-0.25, -0.2) is 4.63 Å². The highest BCUT2D eigenvalue weighted by atomic mass is 32.2. The number of carbonyl (C=O) groups is 1. The number of nitrogens with zero attached hydrogens (tertiary/aromatic N) is 3. The molecular formula is C8H13N5O5S. The molecule has 0 fully saturated rings. The number of nitrogens with one attached hydrogen (secondary N) is 1. The van der Waals surface area contributed by atoms with Gasteiger partial charge in [0.2, 0.25) is 5.91 Å². The third kappa shape index (κ3) is 4.73. The number of nitrogens with two attached hydrogens (primary N) is 1. The largest absolute Gasteiger partial charge is 0.409 e. The summed E-state index contributed by atoms with van der Waals surface area (Å²) in [4.78, 5) is 10.8. The maximum absolute atomic E-state index is 10.8. The molecule has 1 rings (SSSR count). The van der Waals surface area contributed by atoms with Gasteiger partial charge < -0.3 is 26.5 Å². The van der Waals surface area contributed by atoms with Crippen molar-refractivity contribution in [2.24, 2.45) is 10.9 Å². The number of carbonyl (C=O) groups excluding carboxylic acids is 1. The molecule has 6 N–H and O–H groups in total. The number of aliphatic hydroxyl groups is 2. The Bertz CT molecular complexity index is 450. The highest BCUT2D eigenvalue weighted by Gasteiger charge is 2.16. The molecule has 106 valence electrons. The van der Waals surface area contributed by atoms with Crippen LogP contribution < -0.4 is 11.1 Å². The van der Waals surface area contributed by atoms with E-state index in [9.17, 15) is 9.90 Å². The summed E-state index contributed by atoms with van der Waals surface area (Å²) in [5.41, 5.74) is 5.41. The lowest BCUT2D eigenvalue weighted by Gasteiger charge is -2.09. The van der Waals surface area contributed by atoms with Crippen molar-refractivity contribution in [1.82, 2.24) is 15.6 Å². The maximum Gasteiger partial charge on any atom is 0.245 e. The molecule has 0 radical (unpaired) electrons. The highest BCUT2D eigenvalue weighted by molar-refractivity contribution is 7.99. The van der Waals surface area contributed by atoms with Gasteiger partial charge in [-0.15, -0.1) is 0 Å². The fourth-order valence-corrected chi connectivity index (χ4v) is 1.83. The molecule has 19 heavy (non-hydrogen) atoms. The van der Waals surface area contributed by atoms with Gasteiger partial charge in [-0.1, -0.05) is 16.9 Å².